The summed E-state index contributed by atoms with van der Waals surface area (Å²) in [4.78, 5) is 21.1. The predicted octanol–water partition coefficient (Wildman–Crippen LogP) is 4.78. The SMILES string of the molecule is O=C[N+](c1ccc(Cn2ccc3ncnc-3c2)cc1)(C1CCCCC1)C1CCC1. The van der Waals surface area contributed by atoms with Gasteiger partial charge in [-0.25, -0.2) is 19.2 Å². The van der Waals surface area contributed by atoms with Crippen LogP contribution in [0.15, 0.2) is 49.1 Å². The smallest absolute Gasteiger partial charge is 0.307 e. The average molecular weight is 390 g/mol. The first-order chi connectivity index (χ1) is 14.3. The van der Waals surface area contributed by atoms with Gasteiger partial charge in [-0.1, -0.05) is 18.6 Å². The molecule has 0 radical (unpaired) electrons. The number of hydrogen-bond acceptors (Lipinski definition) is 3. The van der Waals surface area contributed by atoms with E-state index < -0.39 is 0 Å². The van der Waals surface area contributed by atoms with E-state index in [0.29, 0.717) is 16.6 Å². The fourth-order valence-electron chi connectivity index (χ4n) is 5.32. The summed E-state index contributed by atoms with van der Waals surface area (Å²) in [5.41, 5.74) is 4.27. The van der Waals surface area contributed by atoms with E-state index in [4.69, 9.17) is 0 Å². The minimum atomic E-state index is 0.449. The second kappa shape index (κ2) is 7.71. The number of quaternary nitrogens is 1. The summed E-state index contributed by atoms with van der Waals surface area (Å²) in [6.07, 6.45) is 16.7. The van der Waals surface area contributed by atoms with Gasteiger partial charge in [0.15, 0.2) is 0 Å². The van der Waals surface area contributed by atoms with Gasteiger partial charge < -0.3 is 4.57 Å². The zero-order chi connectivity index (χ0) is 19.7. The van der Waals surface area contributed by atoms with Gasteiger partial charge in [0, 0.05) is 44.6 Å². The summed E-state index contributed by atoms with van der Waals surface area (Å²) in [5, 5.41) is 0. The minimum absolute atomic E-state index is 0.449. The lowest BCUT2D eigenvalue weighted by Crippen LogP contribution is -2.64. The zero-order valence-corrected chi connectivity index (χ0v) is 16.9. The van der Waals surface area contributed by atoms with Gasteiger partial charge in [-0.2, -0.15) is 0 Å². The number of amides is 1. The third kappa shape index (κ3) is 3.27. The fourth-order valence-corrected chi connectivity index (χ4v) is 5.32. The quantitative estimate of drug-likeness (QED) is 0.450. The number of rotatable bonds is 6. The maximum absolute atomic E-state index is 12.6. The molecule has 0 bridgehead atoms. The van der Waals surface area contributed by atoms with E-state index in [-0.39, 0.29) is 0 Å². The number of benzene rings is 1. The minimum Gasteiger partial charge on any atom is -0.348 e. The van der Waals surface area contributed by atoms with Gasteiger partial charge in [-0.3, -0.25) is 0 Å². The van der Waals surface area contributed by atoms with Crippen molar-refractivity contribution in [3.05, 3.63) is 54.6 Å². The third-order valence-electron chi connectivity index (χ3n) is 7.15. The maximum Gasteiger partial charge on any atom is 0.307 e. The van der Waals surface area contributed by atoms with Crippen molar-refractivity contribution in [2.24, 2.45) is 0 Å². The molecule has 0 saturated heterocycles. The molecule has 0 aromatic heterocycles. The molecule has 1 unspecified atom stereocenters. The second-order valence-corrected chi connectivity index (χ2v) is 8.74. The monoisotopic (exact) mass is 389 g/mol. The van der Waals surface area contributed by atoms with Crippen LogP contribution >= 0.6 is 0 Å². The topological polar surface area (TPSA) is 47.8 Å². The normalized spacial score (nSPS) is 20.3. The molecule has 2 aliphatic heterocycles. The van der Waals surface area contributed by atoms with Crippen molar-refractivity contribution in [3.63, 3.8) is 0 Å². The molecular formula is C24H29N4O+. The first kappa shape index (κ1) is 18.5. The standard InChI is InChI=1S/C24H29N4O/c29-18-28(21-7-4-8-21,20-5-2-1-3-6-20)22-11-9-19(10-12-22)15-27-14-13-23-24(16-27)26-17-25-23/h9-14,16-18,20-21H,1-8,15H2/q+1. The van der Waals surface area contributed by atoms with Crippen molar-refractivity contribution in [1.82, 2.24) is 19.0 Å². The fraction of sp³-hybridized carbons (Fsp3) is 0.458. The number of pyridine rings is 1. The predicted molar refractivity (Wildman–Crippen MR) is 115 cm³/mol. The Balaban J connectivity index is 1.42. The molecule has 0 N–H and O–H groups in total. The first-order valence-corrected chi connectivity index (χ1v) is 11.0. The average Bonchev–Trinajstić information content (AvgIpc) is 3.20. The van der Waals surface area contributed by atoms with Crippen LogP contribution in [0.5, 0.6) is 0 Å². The van der Waals surface area contributed by atoms with E-state index in [1.807, 2.05) is 18.5 Å². The van der Waals surface area contributed by atoms with Crippen molar-refractivity contribution >= 4 is 12.1 Å². The Kier molecular flexibility index (Phi) is 4.92. The Bertz CT molecular complexity index is 940. The molecule has 2 fully saturated rings. The highest BCUT2D eigenvalue weighted by atomic mass is 16.1. The lowest BCUT2D eigenvalue weighted by Gasteiger charge is -2.49. The molecule has 1 aromatic rings. The summed E-state index contributed by atoms with van der Waals surface area (Å²) in [7, 11) is 0. The number of fused-ring (bicyclic) bond motifs is 1. The summed E-state index contributed by atoms with van der Waals surface area (Å²) < 4.78 is 2.70. The van der Waals surface area contributed by atoms with Crippen molar-refractivity contribution in [3.8, 4) is 11.4 Å². The Morgan fingerprint density at radius 3 is 2.24 bits per heavy atom. The molecule has 2 heterocycles. The van der Waals surface area contributed by atoms with Crippen LogP contribution in [0.1, 0.15) is 56.9 Å². The molecule has 1 atom stereocenters. The van der Waals surface area contributed by atoms with Crippen LogP contribution in [-0.4, -0.2) is 33.0 Å². The highest BCUT2D eigenvalue weighted by Gasteiger charge is 2.48. The highest BCUT2D eigenvalue weighted by molar-refractivity contribution is 5.71. The third-order valence-corrected chi connectivity index (χ3v) is 7.15. The first-order valence-electron chi connectivity index (χ1n) is 11.0. The molecule has 1 amide bonds. The number of hydrogen-bond donors (Lipinski definition) is 0. The van der Waals surface area contributed by atoms with E-state index >= 15 is 0 Å². The molecule has 1 aromatic carbocycles. The molecule has 0 spiro atoms. The number of carbonyl (C=O) groups is 1. The summed E-state index contributed by atoms with van der Waals surface area (Å²) >= 11 is 0. The molecule has 2 saturated carbocycles. The summed E-state index contributed by atoms with van der Waals surface area (Å²) in [6, 6.07) is 11.7. The van der Waals surface area contributed by atoms with Gasteiger partial charge in [0.25, 0.3) is 0 Å². The van der Waals surface area contributed by atoms with E-state index in [1.54, 1.807) is 6.33 Å². The van der Waals surface area contributed by atoms with E-state index in [2.05, 4.69) is 38.8 Å². The molecule has 29 heavy (non-hydrogen) atoms. The molecule has 4 aliphatic rings. The van der Waals surface area contributed by atoms with Gasteiger partial charge in [0.05, 0.1) is 5.69 Å². The largest absolute Gasteiger partial charge is 0.348 e. The van der Waals surface area contributed by atoms with Crippen LogP contribution in [0, 0.1) is 0 Å². The maximum atomic E-state index is 12.6. The molecule has 150 valence electrons. The van der Waals surface area contributed by atoms with Crippen LogP contribution in [0.4, 0.5) is 5.69 Å². The second-order valence-electron chi connectivity index (χ2n) is 8.74. The van der Waals surface area contributed by atoms with Gasteiger partial charge >= 0.3 is 6.41 Å². The van der Waals surface area contributed by atoms with Crippen molar-refractivity contribution in [2.75, 3.05) is 0 Å². The van der Waals surface area contributed by atoms with Crippen LogP contribution in [0.25, 0.3) is 11.4 Å². The number of aromatic nitrogens is 3. The summed E-state index contributed by atoms with van der Waals surface area (Å²) in [6.45, 7) is 0.789. The molecule has 5 heteroatoms. The Labute approximate surface area is 172 Å². The van der Waals surface area contributed by atoms with E-state index in [9.17, 15) is 4.79 Å². The van der Waals surface area contributed by atoms with Crippen LogP contribution in [-0.2, 0) is 11.3 Å². The van der Waals surface area contributed by atoms with Crippen LogP contribution in [0.3, 0.4) is 0 Å². The number of carbonyl (C=O) groups excluding carboxylic acids is 1. The van der Waals surface area contributed by atoms with E-state index in [1.165, 1.54) is 69.0 Å². The molecule has 2 aliphatic carbocycles. The zero-order valence-electron chi connectivity index (χ0n) is 16.9. The Morgan fingerprint density at radius 2 is 1.59 bits per heavy atom. The van der Waals surface area contributed by atoms with Gasteiger partial charge in [-0.15, -0.1) is 0 Å². The molecular weight excluding hydrogens is 360 g/mol. The van der Waals surface area contributed by atoms with Crippen LogP contribution < -0.4 is 4.48 Å². The van der Waals surface area contributed by atoms with Crippen LogP contribution in [0.2, 0.25) is 0 Å². The number of imidazole rings is 1. The van der Waals surface area contributed by atoms with E-state index in [0.717, 1.165) is 17.9 Å². The summed E-state index contributed by atoms with van der Waals surface area (Å²) in [5.74, 6) is 0. The molecule has 5 nitrogen and oxygen atoms in total. The van der Waals surface area contributed by atoms with Crippen molar-refractivity contribution < 1.29 is 4.79 Å². The van der Waals surface area contributed by atoms with Crippen molar-refractivity contribution in [1.29, 1.82) is 0 Å². The lowest BCUT2D eigenvalue weighted by molar-refractivity contribution is -0.124. The highest BCUT2D eigenvalue weighted by Crippen LogP contribution is 2.41. The lowest BCUT2D eigenvalue weighted by atomic mass is 9.83. The van der Waals surface area contributed by atoms with Gasteiger partial charge in [0.2, 0.25) is 0 Å². The Hall–Kier alpha value is -2.53. The number of nitrogens with zero attached hydrogens (tertiary/aromatic N) is 4. The Morgan fingerprint density at radius 1 is 0.897 bits per heavy atom. The molecule has 5 rings (SSSR count). The van der Waals surface area contributed by atoms with Gasteiger partial charge in [0.1, 0.15) is 29.8 Å². The van der Waals surface area contributed by atoms with Crippen molar-refractivity contribution in [2.45, 2.75) is 70.0 Å². The van der Waals surface area contributed by atoms with Gasteiger partial charge in [-0.05, 0) is 43.0 Å².